The number of aryl methyl sites for hydroxylation is 1. The predicted molar refractivity (Wildman–Crippen MR) is 65.6 cm³/mol. The Labute approximate surface area is 101 Å². The fourth-order valence-corrected chi connectivity index (χ4v) is 1.40. The second-order valence-electron chi connectivity index (χ2n) is 3.53. The van der Waals surface area contributed by atoms with Gasteiger partial charge in [-0.3, -0.25) is 4.79 Å². The Morgan fingerprint density at radius 3 is 2.88 bits per heavy atom. The summed E-state index contributed by atoms with van der Waals surface area (Å²) in [6.45, 7) is 1.75. The maximum absolute atomic E-state index is 11.3. The zero-order valence-corrected chi connectivity index (χ0v) is 9.91. The third-order valence-electron chi connectivity index (χ3n) is 1.95. The molecule has 0 aliphatic rings. The Balaban J connectivity index is 2.85. The molecule has 0 heterocycles. The number of amides is 1. The lowest BCUT2D eigenvalue weighted by molar-refractivity contribution is -0.119. The van der Waals surface area contributed by atoms with Crippen LogP contribution in [0, 0.1) is 18.8 Å². The molecule has 1 amide bonds. The second kappa shape index (κ2) is 6.69. The molecule has 2 N–H and O–H groups in total. The minimum absolute atomic E-state index is 0.0194. The molecule has 0 aliphatic heterocycles. The van der Waals surface area contributed by atoms with Crippen LogP contribution in [0.1, 0.15) is 11.1 Å². The minimum atomic E-state index is -0.209. The molecule has 1 rings (SSSR count). The Bertz CT molecular complexity index is 457. The molecule has 4 nitrogen and oxygen atoms in total. The molecule has 0 radical (unpaired) electrons. The Morgan fingerprint density at radius 1 is 1.47 bits per heavy atom. The number of benzene rings is 1. The van der Waals surface area contributed by atoms with Crippen molar-refractivity contribution in [3.8, 4) is 11.8 Å². The van der Waals surface area contributed by atoms with Crippen molar-refractivity contribution in [1.29, 1.82) is 0 Å². The molecule has 1 aromatic rings. The van der Waals surface area contributed by atoms with Gasteiger partial charge in [-0.25, -0.2) is 0 Å². The van der Waals surface area contributed by atoms with E-state index in [9.17, 15) is 4.79 Å². The Morgan fingerprint density at radius 2 is 2.24 bits per heavy atom. The van der Waals surface area contributed by atoms with E-state index in [1.54, 1.807) is 6.07 Å². The van der Waals surface area contributed by atoms with Crippen LogP contribution >= 0.6 is 0 Å². The van der Waals surface area contributed by atoms with E-state index in [2.05, 4.69) is 17.2 Å². The summed E-state index contributed by atoms with van der Waals surface area (Å²) in [5.74, 6) is 5.15. The topological polar surface area (TPSA) is 58.6 Å². The lowest BCUT2D eigenvalue weighted by Gasteiger charge is -2.06. The molecule has 4 heteroatoms. The van der Waals surface area contributed by atoms with E-state index < -0.39 is 0 Å². The fraction of sp³-hybridized carbons (Fsp3) is 0.308. The molecular formula is C13H15NO3. The molecule has 0 atom stereocenters. The molecule has 0 spiro atoms. The van der Waals surface area contributed by atoms with Crippen LogP contribution in [0.4, 0.5) is 5.69 Å². The summed E-state index contributed by atoms with van der Waals surface area (Å²) >= 11 is 0. The van der Waals surface area contributed by atoms with Crippen LogP contribution in [-0.4, -0.2) is 31.3 Å². The van der Waals surface area contributed by atoms with Gasteiger partial charge in [0.2, 0.25) is 5.91 Å². The van der Waals surface area contributed by atoms with E-state index in [1.807, 2.05) is 19.1 Å². The lowest BCUT2D eigenvalue weighted by Crippen LogP contribution is -2.17. The molecule has 17 heavy (non-hydrogen) atoms. The first-order valence-corrected chi connectivity index (χ1v) is 5.16. The first-order valence-electron chi connectivity index (χ1n) is 5.16. The standard InChI is InChI=1S/C13H15NO3/c1-10-6-11(4-3-5-15)8-12(7-10)14-13(16)9-17-2/h6-8,15H,5,9H2,1-2H3,(H,14,16). The zero-order valence-electron chi connectivity index (χ0n) is 9.91. The predicted octanol–water partition coefficient (Wildman–Crippen LogP) is 0.924. The number of rotatable bonds is 3. The van der Waals surface area contributed by atoms with Gasteiger partial charge in [-0.05, 0) is 30.7 Å². The first-order chi connectivity index (χ1) is 8.15. The summed E-state index contributed by atoms with van der Waals surface area (Å²) in [4.78, 5) is 11.3. The Hall–Kier alpha value is -1.83. The van der Waals surface area contributed by atoms with Gasteiger partial charge in [0.25, 0.3) is 0 Å². The average molecular weight is 233 g/mol. The van der Waals surface area contributed by atoms with Gasteiger partial charge in [-0.15, -0.1) is 0 Å². The summed E-state index contributed by atoms with van der Waals surface area (Å²) in [6, 6.07) is 5.48. The van der Waals surface area contributed by atoms with E-state index in [0.717, 1.165) is 11.1 Å². The summed E-state index contributed by atoms with van der Waals surface area (Å²) in [7, 11) is 1.47. The van der Waals surface area contributed by atoms with Crippen molar-refractivity contribution < 1.29 is 14.6 Å². The van der Waals surface area contributed by atoms with Crippen molar-refractivity contribution in [2.24, 2.45) is 0 Å². The smallest absolute Gasteiger partial charge is 0.250 e. The molecule has 0 saturated heterocycles. The SMILES string of the molecule is COCC(=O)Nc1cc(C)cc(C#CCO)c1. The van der Waals surface area contributed by atoms with Gasteiger partial charge in [0.05, 0.1) is 0 Å². The van der Waals surface area contributed by atoms with Gasteiger partial charge in [0, 0.05) is 18.4 Å². The highest BCUT2D eigenvalue weighted by Gasteiger charge is 2.02. The molecule has 0 saturated carbocycles. The number of carbonyl (C=O) groups is 1. The van der Waals surface area contributed by atoms with E-state index in [-0.39, 0.29) is 19.1 Å². The molecule has 90 valence electrons. The van der Waals surface area contributed by atoms with Crippen LogP contribution < -0.4 is 5.32 Å². The molecule has 0 fully saturated rings. The van der Waals surface area contributed by atoms with Crippen LogP contribution in [0.25, 0.3) is 0 Å². The van der Waals surface area contributed by atoms with E-state index in [1.165, 1.54) is 7.11 Å². The highest BCUT2D eigenvalue weighted by atomic mass is 16.5. The largest absolute Gasteiger partial charge is 0.384 e. The lowest BCUT2D eigenvalue weighted by atomic mass is 10.1. The van der Waals surface area contributed by atoms with Crippen LogP contribution in [0.15, 0.2) is 18.2 Å². The van der Waals surface area contributed by atoms with Crippen molar-refractivity contribution in [1.82, 2.24) is 0 Å². The maximum atomic E-state index is 11.3. The van der Waals surface area contributed by atoms with E-state index >= 15 is 0 Å². The third-order valence-corrected chi connectivity index (χ3v) is 1.95. The normalized spacial score (nSPS) is 9.35. The van der Waals surface area contributed by atoms with Crippen molar-refractivity contribution >= 4 is 11.6 Å². The first kappa shape index (κ1) is 13.2. The van der Waals surface area contributed by atoms with Crippen molar-refractivity contribution in [2.75, 3.05) is 25.6 Å². The van der Waals surface area contributed by atoms with Gasteiger partial charge in [-0.2, -0.15) is 0 Å². The van der Waals surface area contributed by atoms with Gasteiger partial charge in [-0.1, -0.05) is 11.8 Å². The highest BCUT2D eigenvalue weighted by Crippen LogP contribution is 2.13. The number of hydrogen-bond acceptors (Lipinski definition) is 3. The maximum Gasteiger partial charge on any atom is 0.250 e. The molecule has 0 aliphatic carbocycles. The zero-order chi connectivity index (χ0) is 12.7. The highest BCUT2D eigenvalue weighted by molar-refractivity contribution is 5.91. The number of aliphatic hydroxyl groups is 1. The minimum Gasteiger partial charge on any atom is -0.384 e. The quantitative estimate of drug-likeness (QED) is 0.763. The number of aliphatic hydroxyl groups excluding tert-OH is 1. The van der Waals surface area contributed by atoms with Crippen LogP contribution in [0.3, 0.4) is 0 Å². The van der Waals surface area contributed by atoms with Gasteiger partial charge in [0.1, 0.15) is 13.2 Å². The molecule has 0 aromatic heterocycles. The van der Waals surface area contributed by atoms with E-state index in [0.29, 0.717) is 5.69 Å². The summed E-state index contributed by atoms with van der Waals surface area (Å²) in [5.41, 5.74) is 2.42. The number of anilines is 1. The molecular weight excluding hydrogens is 218 g/mol. The van der Waals surface area contributed by atoms with Crippen LogP contribution in [-0.2, 0) is 9.53 Å². The number of nitrogens with one attached hydrogen (secondary N) is 1. The second-order valence-corrected chi connectivity index (χ2v) is 3.53. The molecule has 1 aromatic carbocycles. The van der Waals surface area contributed by atoms with Crippen molar-refractivity contribution in [3.05, 3.63) is 29.3 Å². The number of ether oxygens (including phenoxy) is 1. The molecule has 0 bridgehead atoms. The van der Waals surface area contributed by atoms with Crippen LogP contribution in [0.5, 0.6) is 0 Å². The van der Waals surface area contributed by atoms with Crippen molar-refractivity contribution in [3.63, 3.8) is 0 Å². The summed E-state index contributed by atoms with van der Waals surface area (Å²) in [6.07, 6.45) is 0. The summed E-state index contributed by atoms with van der Waals surface area (Å²) < 4.78 is 4.73. The fourth-order valence-electron chi connectivity index (χ4n) is 1.40. The van der Waals surface area contributed by atoms with E-state index in [4.69, 9.17) is 9.84 Å². The third kappa shape index (κ3) is 4.68. The summed E-state index contributed by atoms with van der Waals surface area (Å²) in [5, 5.41) is 11.3. The van der Waals surface area contributed by atoms with Gasteiger partial charge < -0.3 is 15.2 Å². The molecule has 0 unspecified atom stereocenters. The van der Waals surface area contributed by atoms with Gasteiger partial charge >= 0.3 is 0 Å². The Kier molecular flexibility index (Phi) is 5.21. The monoisotopic (exact) mass is 233 g/mol. The average Bonchev–Trinajstić information content (AvgIpc) is 2.25. The number of carbonyl (C=O) groups excluding carboxylic acids is 1. The van der Waals surface area contributed by atoms with Gasteiger partial charge in [0.15, 0.2) is 0 Å². The number of hydrogen-bond donors (Lipinski definition) is 2. The van der Waals surface area contributed by atoms with Crippen molar-refractivity contribution in [2.45, 2.75) is 6.92 Å². The number of methoxy groups -OCH3 is 1. The van der Waals surface area contributed by atoms with Crippen LogP contribution in [0.2, 0.25) is 0 Å².